The number of fused-ring (bicyclic) bond motifs is 1. The van der Waals surface area contributed by atoms with Crippen LogP contribution in [0.3, 0.4) is 0 Å². The molecule has 4 rings (SSSR count). The molecule has 0 aliphatic carbocycles. The van der Waals surface area contributed by atoms with Crippen LogP contribution in [0.5, 0.6) is 0 Å². The van der Waals surface area contributed by atoms with E-state index in [-0.39, 0.29) is 0 Å². The SMILES string of the molecule is c1ccc2c(c1)CCN(c1cc(N3CCCC3)ncn1)C2. The van der Waals surface area contributed by atoms with Crippen LogP contribution in [0, 0.1) is 0 Å². The molecule has 1 aromatic heterocycles. The van der Waals surface area contributed by atoms with Gasteiger partial charge in [-0.2, -0.15) is 0 Å². The molecule has 0 N–H and O–H groups in total. The van der Waals surface area contributed by atoms with Crippen LogP contribution in [0.15, 0.2) is 36.7 Å². The largest absolute Gasteiger partial charge is 0.356 e. The minimum absolute atomic E-state index is 0.951. The van der Waals surface area contributed by atoms with Crippen LogP contribution < -0.4 is 9.80 Å². The summed E-state index contributed by atoms with van der Waals surface area (Å²) in [5, 5.41) is 0. The maximum absolute atomic E-state index is 4.50. The average Bonchev–Trinajstić information content (AvgIpc) is 3.09. The van der Waals surface area contributed by atoms with Gasteiger partial charge in [0.25, 0.3) is 0 Å². The van der Waals surface area contributed by atoms with E-state index < -0.39 is 0 Å². The van der Waals surface area contributed by atoms with Crippen molar-refractivity contribution in [1.29, 1.82) is 0 Å². The predicted molar refractivity (Wildman–Crippen MR) is 84.7 cm³/mol. The first kappa shape index (κ1) is 12.6. The molecule has 0 atom stereocenters. The van der Waals surface area contributed by atoms with Gasteiger partial charge in [0.05, 0.1) is 0 Å². The summed E-state index contributed by atoms with van der Waals surface area (Å²) in [6, 6.07) is 10.9. The second-order valence-corrected chi connectivity index (χ2v) is 5.87. The van der Waals surface area contributed by atoms with Crippen molar-refractivity contribution in [3.63, 3.8) is 0 Å². The van der Waals surface area contributed by atoms with Crippen molar-refractivity contribution in [2.75, 3.05) is 29.4 Å². The van der Waals surface area contributed by atoms with E-state index in [0.717, 1.165) is 44.2 Å². The molecule has 3 heterocycles. The zero-order valence-corrected chi connectivity index (χ0v) is 12.2. The van der Waals surface area contributed by atoms with Gasteiger partial charge in [0.1, 0.15) is 18.0 Å². The Morgan fingerprint density at radius 1 is 0.810 bits per heavy atom. The molecule has 1 fully saturated rings. The van der Waals surface area contributed by atoms with Crippen molar-refractivity contribution in [2.45, 2.75) is 25.8 Å². The Morgan fingerprint density at radius 2 is 1.52 bits per heavy atom. The second-order valence-electron chi connectivity index (χ2n) is 5.87. The van der Waals surface area contributed by atoms with Gasteiger partial charge in [-0.25, -0.2) is 9.97 Å². The summed E-state index contributed by atoms with van der Waals surface area (Å²) in [4.78, 5) is 13.7. The number of anilines is 2. The number of nitrogens with zero attached hydrogens (tertiary/aromatic N) is 4. The Labute approximate surface area is 125 Å². The van der Waals surface area contributed by atoms with Gasteiger partial charge in [-0.15, -0.1) is 0 Å². The summed E-state index contributed by atoms with van der Waals surface area (Å²) in [6.07, 6.45) is 5.36. The zero-order chi connectivity index (χ0) is 14.1. The summed E-state index contributed by atoms with van der Waals surface area (Å²) in [7, 11) is 0. The van der Waals surface area contributed by atoms with Crippen LogP contribution in [-0.2, 0) is 13.0 Å². The van der Waals surface area contributed by atoms with Gasteiger partial charge in [0.15, 0.2) is 0 Å². The van der Waals surface area contributed by atoms with Crippen LogP contribution in [0.1, 0.15) is 24.0 Å². The smallest absolute Gasteiger partial charge is 0.134 e. The van der Waals surface area contributed by atoms with Crippen LogP contribution in [0.4, 0.5) is 11.6 Å². The van der Waals surface area contributed by atoms with E-state index >= 15 is 0 Å². The first-order valence-electron chi connectivity index (χ1n) is 7.79. The van der Waals surface area contributed by atoms with Crippen molar-refractivity contribution in [3.05, 3.63) is 47.8 Å². The fourth-order valence-electron chi connectivity index (χ4n) is 3.32. The molecular formula is C17H20N4. The van der Waals surface area contributed by atoms with Gasteiger partial charge >= 0.3 is 0 Å². The van der Waals surface area contributed by atoms with E-state index in [4.69, 9.17) is 0 Å². The fourth-order valence-corrected chi connectivity index (χ4v) is 3.32. The molecule has 4 heteroatoms. The number of aromatic nitrogens is 2. The number of hydrogen-bond acceptors (Lipinski definition) is 4. The zero-order valence-electron chi connectivity index (χ0n) is 12.2. The second kappa shape index (κ2) is 5.35. The first-order chi connectivity index (χ1) is 10.4. The molecule has 4 nitrogen and oxygen atoms in total. The maximum atomic E-state index is 4.50. The molecule has 2 aliphatic rings. The average molecular weight is 280 g/mol. The normalized spacial score (nSPS) is 17.9. The van der Waals surface area contributed by atoms with Gasteiger partial charge in [-0.1, -0.05) is 24.3 Å². The Bertz CT molecular complexity index is 634. The highest BCUT2D eigenvalue weighted by Crippen LogP contribution is 2.26. The van der Waals surface area contributed by atoms with E-state index in [0.29, 0.717) is 0 Å². The highest BCUT2D eigenvalue weighted by Gasteiger charge is 2.19. The third-order valence-electron chi connectivity index (χ3n) is 4.52. The highest BCUT2D eigenvalue weighted by molar-refractivity contribution is 5.52. The molecule has 0 amide bonds. The Kier molecular flexibility index (Phi) is 3.22. The molecule has 1 aromatic carbocycles. The van der Waals surface area contributed by atoms with E-state index in [1.165, 1.54) is 24.0 Å². The lowest BCUT2D eigenvalue weighted by atomic mass is 10.00. The quantitative estimate of drug-likeness (QED) is 0.846. The van der Waals surface area contributed by atoms with E-state index in [1.807, 2.05) is 0 Å². The summed E-state index contributed by atoms with van der Waals surface area (Å²) in [5.74, 6) is 2.14. The minimum atomic E-state index is 0.951. The standard InChI is InChI=1S/C17H20N4/c1-2-6-15-12-21(10-7-14(15)5-1)17-11-16(18-13-19-17)20-8-3-4-9-20/h1-2,5-6,11,13H,3-4,7-10,12H2. The van der Waals surface area contributed by atoms with Gasteiger partial charge in [0, 0.05) is 32.2 Å². The molecule has 1 saturated heterocycles. The van der Waals surface area contributed by atoms with Crippen molar-refractivity contribution < 1.29 is 0 Å². The third-order valence-corrected chi connectivity index (χ3v) is 4.52. The Hall–Kier alpha value is -2.10. The summed E-state index contributed by atoms with van der Waals surface area (Å²) < 4.78 is 0. The van der Waals surface area contributed by atoms with Gasteiger partial charge in [-0.3, -0.25) is 0 Å². The maximum Gasteiger partial charge on any atom is 0.134 e. The number of benzene rings is 1. The summed E-state index contributed by atoms with van der Waals surface area (Å²) in [6.45, 7) is 4.23. The molecule has 2 aliphatic heterocycles. The summed E-state index contributed by atoms with van der Waals surface area (Å²) >= 11 is 0. The monoisotopic (exact) mass is 280 g/mol. The van der Waals surface area contributed by atoms with Crippen molar-refractivity contribution in [1.82, 2.24) is 9.97 Å². The van der Waals surface area contributed by atoms with Gasteiger partial charge < -0.3 is 9.80 Å². The van der Waals surface area contributed by atoms with Crippen LogP contribution in [0.25, 0.3) is 0 Å². The van der Waals surface area contributed by atoms with Crippen molar-refractivity contribution in [2.24, 2.45) is 0 Å². The van der Waals surface area contributed by atoms with E-state index in [2.05, 4.69) is 50.1 Å². The minimum Gasteiger partial charge on any atom is -0.356 e. The molecule has 0 radical (unpaired) electrons. The molecular weight excluding hydrogens is 260 g/mol. The van der Waals surface area contributed by atoms with E-state index in [9.17, 15) is 0 Å². The molecule has 108 valence electrons. The Balaban J connectivity index is 1.58. The first-order valence-corrected chi connectivity index (χ1v) is 7.79. The lowest BCUT2D eigenvalue weighted by molar-refractivity contribution is 0.718. The highest BCUT2D eigenvalue weighted by atomic mass is 15.2. The lowest BCUT2D eigenvalue weighted by Crippen LogP contribution is -2.31. The van der Waals surface area contributed by atoms with E-state index in [1.54, 1.807) is 6.33 Å². The summed E-state index contributed by atoms with van der Waals surface area (Å²) in [5.41, 5.74) is 2.90. The molecule has 2 aromatic rings. The molecule has 0 bridgehead atoms. The van der Waals surface area contributed by atoms with Gasteiger partial charge in [0.2, 0.25) is 0 Å². The predicted octanol–water partition coefficient (Wildman–Crippen LogP) is 2.64. The van der Waals surface area contributed by atoms with Crippen LogP contribution in [-0.4, -0.2) is 29.6 Å². The lowest BCUT2D eigenvalue weighted by Gasteiger charge is -2.30. The molecule has 0 saturated carbocycles. The topological polar surface area (TPSA) is 32.3 Å². The van der Waals surface area contributed by atoms with Gasteiger partial charge in [-0.05, 0) is 30.4 Å². The van der Waals surface area contributed by atoms with Crippen molar-refractivity contribution in [3.8, 4) is 0 Å². The number of hydrogen-bond donors (Lipinski definition) is 0. The number of rotatable bonds is 2. The third kappa shape index (κ3) is 2.46. The van der Waals surface area contributed by atoms with Crippen LogP contribution in [0.2, 0.25) is 0 Å². The van der Waals surface area contributed by atoms with Crippen LogP contribution >= 0.6 is 0 Å². The molecule has 0 spiro atoms. The fraction of sp³-hybridized carbons (Fsp3) is 0.412. The Morgan fingerprint density at radius 3 is 2.33 bits per heavy atom. The molecule has 0 unspecified atom stereocenters. The molecule has 21 heavy (non-hydrogen) atoms. The van der Waals surface area contributed by atoms with Crippen molar-refractivity contribution >= 4 is 11.6 Å².